The molecule has 3 aromatic rings. The van der Waals surface area contributed by atoms with Gasteiger partial charge in [0.15, 0.2) is 0 Å². The fourth-order valence-electron chi connectivity index (χ4n) is 2.52. The Morgan fingerprint density at radius 3 is 2.65 bits per heavy atom. The van der Waals surface area contributed by atoms with Gasteiger partial charge in [0.2, 0.25) is 0 Å². The van der Waals surface area contributed by atoms with E-state index in [1.54, 1.807) is 18.7 Å². The van der Waals surface area contributed by atoms with Crippen LogP contribution in [-0.4, -0.2) is 17.1 Å². The van der Waals surface area contributed by atoms with E-state index in [9.17, 15) is 4.79 Å². The maximum Gasteiger partial charge on any atom is 0.356 e. The van der Waals surface area contributed by atoms with Gasteiger partial charge in [0.05, 0.1) is 11.5 Å². The van der Waals surface area contributed by atoms with Crippen molar-refractivity contribution < 1.29 is 9.53 Å². The minimum atomic E-state index is -0.319. The molecule has 0 bridgehead atoms. The van der Waals surface area contributed by atoms with Crippen LogP contribution in [0.15, 0.2) is 58.3 Å². The lowest BCUT2D eigenvalue weighted by molar-refractivity contribution is 0.0511. The number of esters is 1. The SMILES string of the molecule is CCOC(=O)c1c(Sc2ccccc2)c2cc(Cl)ccc2n1C. The van der Waals surface area contributed by atoms with Crippen molar-refractivity contribution >= 4 is 40.2 Å². The molecule has 0 spiro atoms. The first-order valence-electron chi connectivity index (χ1n) is 7.29. The smallest absolute Gasteiger partial charge is 0.356 e. The average Bonchev–Trinajstić information content (AvgIpc) is 2.80. The molecule has 0 N–H and O–H groups in total. The summed E-state index contributed by atoms with van der Waals surface area (Å²) in [5.41, 5.74) is 1.51. The summed E-state index contributed by atoms with van der Waals surface area (Å²) in [6.07, 6.45) is 0. The molecule has 3 nitrogen and oxygen atoms in total. The second-order valence-electron chi connectivity index (χ2n) is 5.03. The number of fused-ring (bicyclic) bond motifs is 1. The highest BCUT2D eigenvalue weighted by atomic mass is 35.5. The van der Waals surface area contributed by atoms with Crippen molar-refractivity contribution in [3.63, 3.8) is 0 Å². The molecule has 0 aliphatic carbocycles. The molecule has 0 unspecified atom stereocenters. The van der Waals surface area contributed by atoms with Crippen LogP contribution in [0.1, 0.15) is 17.4 Å². The molecule has 0 radical (unpaired) electrons. The summed E-state index contributed by atoms with van der Waals surface area (Å²) < 4.78 is 7.11. The summed E-state index contributed by atoms with van der Waals surface area (Å²) in [4.78, 5) is 14.4. The molecule has 118 valence electrons. The van der Waals surface area contributed by atoms with E-state index in [1.807, 2.05) is 60.1 Å². The van der Waals surface area contributed by atoms with Crippen molar-refractivity contribution in [3.8, 4) is 0 Å². The Morgan fingerprint density at radius 2 is 1.96 bits per heavy atom. The number of benzene rings is 2. The highest BCUT2D eigenvalue weighted by Crippen LogP contribution is 2.39. The van der Waals surface area contributed by atoms with E-state index in [0.717, 1.165) is 20.7 Å². The zero-order chi connectivity index (χ0) is 16.4. The van der Waals surface area contributed by atoms with Gasteiger partial charge in [-0.1, -0.05) is 41.6 Å². The topological polar surface area (TPSA) is 31.2 Å². The molecule has 2 aromatic carbocycles. The van der Waals surface area contributed by atoms with Crippen molar-refractivity contribution in [2.75, 3.05) is 6.61 Å². The van der Waals surface area contributed by atoms with Gasteiger partial charge in [-0.2, -0.15) is 0 Å². The van der Waals surface area contributed by atoms with Crippen molar-refractivity contribution in [3.05, 3.63) is 59.2 Å². The third kappa shape index (κ3) is 3.09. The number of nitrogens with zero attached hydrogens (tertiary/aromatic N) is 1. The fraction of sp³-hybridized carbons (Fsp3) is 0.167. The quantitative estimate of drug-likeness (QED) is 0.612. The van der Waals surface area contributed by atoms with Gasteiger partial charge in [-0.15, -0.1) is 0 Å². The van der Waals surface area contributed by atoms with Gasteiger partial charge in [-0.05, 0) is 37.3 Å². The molecule has 5 heteroatoms. The number of carbonyl (C=O) groups excluding carboxylic acids is 1. The van der Waals surface area contributed by atoms with Gasteiger partial charge in [0.1, 0.15) is 5.69 Å². The van der Waals surface area contributed by atoms with E-state index >= 15 is 0 Å². The standard InChI is InChI=1S/C18H16ClNO2S/c1-3-22-18(21)16-17(23-13-7-5-4-6-8-13)14-11-12(19)9-10-15(14)20(16)2/h4-11H,3H2,1-2H3. The lowest BCUT2D eigenvalue weighted by Crippen LogP contribution is -2.10. The van der Waals surface area contributed by atoms with Gasteiger partial charge >= 0.3 is 5.97 Å². The summed E-state index contributed by atoms with van der Waals surface area (Å²) in [6.45, 7) is 2.15. The van der Waals surface area contributed by atoms with E-state index in [0.29, 0.717) is 17.3 Å². The fourth-order valence-corrected chi connectivity index (χ4v) is 3.81. The Morgan fingerprint density at radius 1 is 1.22 bits per heavy atom. The van der Waals surface area contributed by atoms with Gasteiger partial charge in [-0.3, -0.25) is 0 Å². The predicted octanol–water partition coefficient (Wildman–Crippen LogP) is 5.16. The molecular weight excluding hydrogens is 330 g/mol. The second-order valence-corrected chi connectivity index (χ2v) is 6.55. The summed E-state index contributed by atoms with van der Waals surface area (Å²) in [5, 5.41) is 1.60. The van der Waals surface area contributed by atoms with Crippen LogP contribution in [0.5, 0.6) is 0 Å². The normalized spacial score (nSPS) is 10.9. The molecule has 0 amide bonds. The van der Waals surface area contributed by atoms with E-state index < -0.39 is 0 Å². The van der Waals surface area contributed by atoms with E-state index in [2.05, 4.69) is 0 Å². The van der Waals surface area contributed by atoms with Crippen LogP contribution in [0.25, 0.3) is 10.9 Å². The maximum atomic E-state index is 12.4. The van der Waals surface area contributed by atoms with Crippen molar-refractivity contribution in [2.45, 2.75) is 16.7 Å². The van der Waals surface area contributed by atoms with Gasteiger partial charge in [0.25, 0.3) is 0 Å². The predicted molar refractivity (Wildman–Crippen MR) is 94.5 cm³/mol. The molecule has 1 heterocycles. The number of aromatic nitrogens is 1. The number of hydrogen-bond acceptors (Lipinski definition) is 3. The molecule has 0 aliphatic rings. The van der Waals surface area contributed by atoms with Gasteiger partial charge in [-0.25, -0.2) is 4.79 Å². The maximum absolute atomic E-state index is 12.4. The first-order valence-corrected chi connectivity index (χ1v) is 8.49. The summed E-state index contributed by atoms with van der Waals surface area (Å²) >= 11 is 7.71. The monoisotopic (exact) mass is 345 g/mol. The molecule has 23 heavy (non-hydrogen) atoms. The molecule has 0 saturated heterocycles. The number of carbonyl (C=O) groups is 1. The Bertz CT molecular complexity index is 858. The third-order valence-corrected chi connectivity index (χ3v) is 4.91. The average molecular weight is 346 g/mol. The largest absolute Gasteiger partial charge is 0.461 e. The van der Waals surface area contributed by atoms with Crippen LogP contribution < -0.4 is 0 Å². The number of hydrogen-bond donors (Lipinski definition) is 0. The van der Waals surface area contributed by atoms with Crippen LogP contribution in [0.4, 0.5) is 0 Å². The Labute approximate surface area is 144 Å². The number of ether oxygens (including phenoxy) is 1. The molecular formula is C18H16ClNO2S. The van der Waals surface area contributed by atoms with E-state index in [1.165, 1.54) is 0 Å². The highest BCUT2D eigenvalue weighted by molar-refractivity contribution is 7.99. The first-order chi connectivity index (χ1) is 11.1. The van der Waals surface area contributed by atoms with Crippen molar-refractivity contribution in [2.24, 2.45) is 7.05 Å². The van der Waals surface area contributed by atoms with Crippen molar-refractivity contribution in [1.29, 1.82) is 0 Å². The minimum absolute atomic E-state index is 0.319. The zero-order valence-corrected chi connectivity index (χ0v) is 14.4. The molecule has 0 fully saturated rings. The van der Waals surface area contributed by atoms with Crippen molar-refractivity contribution in [1.82, 2.24) is 4.57 Å². The molecule has 0 atom stereocenters. The molecule has 1 aromatic heterocycles. The number of rotatable bonds is 4. The minimum Gasteiger partial charge on any atom is -0.461 e. The Hall–Kier alpha value is -1.91. The van der Waals surface area contributed by atoms with E-state index in [-0.39, 0.29) is 5.97 Å². The summed E-state index contributed by atoms with van der Waals surface area (Å²) in [5.74, 6) is -0.319. The number of aryl methyl sites for hydroxylation is 1. The summed E-state index contributed by atoms with van der Waals surface area (Å²) in [7, 11) is 1.87. The Balaban J connectivity index is 2.21. The second kappa shape index (κ2) is 6.69. The van der Waals surface area contributed by atoms with Gasteiger partial charge < -0.3 is 9.30 Å². The lowest BCUT2D eigenvalue weighted by atomic mass is 10.2. The third-order valence-electron chi connectivity index (χ3n) is 3.55. The van der Waals surface area contributed by atoms with Crippen LogP contribution in [0.2, 0.25) is 5.02 Å². The van der Waals surface area contributed by atoms with Crippen LogP contribution in [0.3, 0.4) is 0 Å². The molecule has 3 rings (SSSR count). The first kappa shape index (κ1) is 16.0. The van der Waals surface area contributed by atoms with Crippen LogP contribution in [-0.2, 0) is 11.8 Å². The Kier molecular flexibility index (Phi) is 4.64. The van der Waals surface area contributed by atoms with E-state index in [4.69, 9.17) is 16.3 Å². The number of halogens is 1. The molecule has 0 aliphatic heterocycles. The zero-order valence-electron chi connectivity index (χ0n) is 12.9. The summed E-state index contributed by atoms with van der Waals surface area (Å²) in [6, 6.07) is 15.6. The highest BCUT2D eigenvalue weighted by Gasteiger charge is 2.23. The van der Waals surface area contributed by atoms with Crippen LogP contribution in [0, 0.1) is 0 Å². The van der Waals surface area contributed by atoms with Gasteiger partial charge in [0, 0.05) is 27.9 Å². The molecule has 0 saturated carbocycles. The lowest BCUT2D eigenvalue weighted by Gasteiger charge is -2.07. The van der Waals surface area contributed by atoms with Crippen LogP contribution >= 0.6 is 23.4 Å².